The predicted octanol–water partition coefficient (Wildman–Crippen LogP) is 2.18. The Morgan fingerprint density at radius 3 is 2.90 bits per heavy atom. The largest absolute Gasteiger partial charge is 0.399 e. The van der Waals surface area contributed by atoms with Gasteiger partial charge >= 0.3 is 0 Å². The molecule has 0 bridgehead atoms. The molecule has 0 aromatic carbocycles. The molecule has 10 heavy (non-hydrogen) atoms. The van der Waals surface area contributed by atoms with E-state index < -0.39 is 0 Å². The molecule has 0 aliphatic carbocycles. The Bertz CT molecular complexity index is 108. The van der Waals surface area contributed by atoms with Crippen molar-refractivity contribution in [3.8, 4) is 0 Å². The molecule has 0 heterocycles. The third-order valence-corrected chi connectivity index (χ3v) is 1.05. The molecule has 0 N–H and O–H groups in total. The summed E-state index contributed by atoms with van der Waals surface area (Å²) in [7, 11) is 1.55. The van der Waals surface area contributed by atoms with E-state index in [1.165, 1.54) is 0 Å². The first-order valence-electron chi connectivity index (χ1n) is 3.41. The Balaban J connectivity index is 2.97. The van der Waals surface area contributed by atoms with Crippen LogP contribution in [0.1, 0.15) is 19.3 Å². The molecule has 0 aromatic heterocycles. The minimum atomic E-state index is 0.970. The van der Waals surface area contributed by atoms with Gasteiger partial charge in [-0.2, -0.15) is 0 Å². The summed E-state index contributed by atoms with van der Waals surface area (Å²) in [4.78, 5) is 4.49. The molecule has 0 spiro atoms. The zero-order valence-electron chi connectivity index (χ0n) is 6.42. The zero-order valence-corrected chi connectivity index (χ0v) is 6.42. The van der Waals surface area contributed by atoms with Crippen molar-refractivity contribution < 1.29 is 4.84 Å². The third kappa shape index (κ3) is 7.21. The van der Waals surface area contributed by atoms with Crippen LogP contribution in [0, 0.1) is 6.92 Å². The van der Waals surface area contributed by atoms with Crippen LogP contribution < -0.4 is 0 Å². The molecule has 0 fully saturated rings. The summed E-state index contributed by atoms with van der Waals surface area (Å²) in [6, 6.07) is 0. The molecule has 2 nitrogen and oxygen atoms in total. The summed E-state index contributed by atoms with van der Waals surface area (Å²) in [6.07, 6.45) is 8.78. The maximum atomic E-state index is 4.49. The van der Waals surface area contributed by atoms with Crippen molar-refractivity contribution in [1.29, 1.82) is 0 Å². The van der Waals surface area contributed by atoms with Crippen molar-refractivity contribution in [1.82, 2.24) is 0 Å². The van der Waals surface area contributed by atoms with Crippen LogP contribution >= 0.6 is 0 Å². The SMILES string of the molecule is [CH2]C=CCCCC=NOC. The minimum absolute atomic E-state index is 0.970. The summed E-state index contributed by atoms with van der Waals surface area (Å²) in [5, 5.41) is 3.60. The summed E-state index contributed by atoms with van der Waals surface area (Å²) < 4.78 is 0. The summed E-state index contributed by atoms with van der Waals surface area (Å²) in [5.41, 5.74) is 0. The van der Waals surface area contributed by atoms with E-state index in [1.54, 1.807) is 13.3 Å². The summed E-state index contributed by atoms with van der Waals surface area (Å²) in [5.74, 6) is 0. The van der Waals surface area contributed by atoms with Gasteiger partial charge in [0, 0.05) is 6.21 Å². The van der Waals surface area contributed by atoms with Crippen LogP contribution in [0.3, 0.4) is 0 Å². The Labute approximate surface area is 62.6 Å². The van der Waals surface area contributed by atoms with Gasteiger partial charge in [0.2, 0.25) is 0 Å². The Morgan fingerprint density at radius 2 is 2.30 bits per heavy atom. The molecule has 0 saturated heterocycles. The van der Waals surface area contributed by atoms with Crippen molar-refractivity contribution >= 4 is 6.21 Å². The average Bonchev–Trinajstić information content (AvgIpc) is 1.97. The van der Waals surface area contributed by atoms with Gasteiger partial charge in [-0.1, -0.05) is 17.3 Å². The first-order chi connectivity index (χ1) is 4.91. The lowest BCUT2D eigenvalue weighted by Gasteiger charge is -1.88. The van der Waals surface area contributed by atoms with E-state index in [4.69, 9.17) is 0 Å². The fourth-order valence-corrected chi connectivity index (χ4v) is 0.572. The van der Waals surface area contributed by atoms with E-state index in [0.29, 0.717) is 0 Å². The minimum Gasteiger partial charge on any atom is -0.399 e. The second-order valence-electron chi connectivity index (χ2n) is 1.87. The summed E-state index contributed by atoms with van der Waals surface area (Å²) >= 11 is 0. The van der Waals surface area contributed by atoms with Gasteiger partial charge in [0.15, 0.2) is 0 Å². The number of rotatable bonds is 5. The lowest BCUT2D eigenvalue weighted by molar-refractivity contribution is 0.214. The predicted molar refractivity (Wildman–Crippen MR) is 43.8 cm³/mol. The van der Waals surface area contributed by atoms with E-state index in [-0.39, 0.29) is 0 Å². The molecule has 57 valence electrons. The molecule has 0 rings (SSSR count). The standard InChI is InChI=1S/C8H14NO/c1-3-4-5-6-7-8-9-10-2/h3-4,8H,1,5-7H2,2H3. The fraction of sp³-hybridized carbons (Fsp3) is 0.500. The number of hydrogen-bond donors (Lipinski definition) is 0. The second kappa shape index (κ2) is 8.21. The third-order valence-electron chi connectivity index (χ3n) is 1.05. The Kier molecular flexibility index (Phi) is 7.56. The highest BCUT2D eigenvalue weighted by Gasteiger charge is 1.79. The lowest BCUT2D eigenvalue weighted by atomic mass is 10.2. The van der Waals surface area contributed by atoms with Gasteiger partial charge in [-0.3, -0.25) is 0 Å². The van der Waals surface area contributed by atoms with Crippen molar-refractivity contribution in [3.05, 3.63) is 19.1 Å². The number of hydrogen-bond acceptors (Lipinski definition) is 2. The van der Waals surface area contributed by atoms with Gasteiger partial charge in [0.1, 0.15) is 7.11 Å². The fourth-order valence-electron chi connectivity index (χ4n) is 0.572. The first-order valence-corrected chi connectivity index (χ1v) is 3.41. The van der Waals surface area contributed by atoms with Gasteiger partial charge in [-0.15, -0.1) is 0 Å². The number of nitrogens with zero attached hydrogens (tertiary/aromatic N) is 1. The van der Waals surface area contributed by atoms with Gasteiger partial charge < -0.3 is 4.84 Å². The van der Waals surface area contributed by atoms with Crippen LogP contribution in [0.15, 0.2) is 17.3 Å². The van der Waals surface area contributed by atoms with Gasteiger partial charge in [-0.05, 0) is 26.2 Å². The first kappa shape index (κ1) is 9.21. The van der Waals surface area contributed by atoms with Crippen LogP contribution in [0.25, 0.3) is 0 Å². The molecule has 0 aliphatic heterocycles. The van der Waals surface area contributed by atoms with Gasteiger partial charge in [-0.25, -0.2) is 0 Å². The molecule has 0 unspecified atom stereocenters. The van der Waals surface area contributed by atoms with Crippen LogP contribution in [-0.2, 0) is 4.84 Å². The van der Waals surface area contributed by atoms with Crippen LogP contribution in [0.2, 0.25) is 0 Å². The molecule has 0 atom stereocenters. The zero-order chi connectivity index (χ0) is 7.66. The molecule has 0 aliphatic rings. The summed E-state index contributed by atoms with van der Waals surface area (Å²) in [6.45, 7) is 3.58. The average molecular weight is 140 g/mol. The second-order valence-corrected chi connectivity index (χ2v) is 1.87. The quantitative estimate of drug-likeness (QED) is 0.326. The maximum absolute atomic E-state index is 4.49. The van der Waals surface area contributed by atoms with Gasteiger partial charge in [0.25, 0.3) is 0 Å². The van der Waals surface area contributed by atoms with Crippen molar-refractivity contribution in [2.45, 2.75) is 19.3 Å². The topological polar surface area (TPSA) is 21.6 Å². The molecule has 1 radical (unpaired) electrons. The van der Waals surface area contributed by atoms with Crippen LogP contribution in [0.5, 0.6) is 0 Å². The number of oxime groups is 1. The monoisotopic (exact) mass is 140 g/mol. The highest BCUT2D eigenvalue weighted by Crippen LogP contribution is 1.93. The molecule has 0 aromatic rings. The smallest absolute Gasteiger partial charge is 0.106 e. The highest BCUT2D eigenvalue weighted by atomic mass is 16.6. The van der Waals surface area contributed by atoms with Crippen LogP contribution in [0.4, 0.5) is 0 Å². The number of unbranched alkanes of at least 4 members (excludes halogenated alkanes) is 2. The van der Waals surface area contributed by atoms with Crippen LogP contribution in [-0.4, -0.2) is 13.3 Å². The lowest BCUT2D eigenvalue weighted by Crippen LogP contribution is -1.76. The van der Waals surface area contributed by atoms with E-state index in [0.717, 1.165) is 19.3 Å². The molecule has 0 saturated carbocycles. The van der Waals surface area contributed by atoms with Crippen molar-refractivity contribution in [2.75, 3.05) is 7.11 Å². The van der Waals surface area contributed by atoms with E-state index >= 15 is 0 Å². The number of allylic oxidation sites excluding steroid dienone is 2. The van der Waals surface area contributed by atoms with E-state index in [1.807, 2.05) is 12.2 Å². The van der Waals surface area contributed by atoms with E-state index in [9.17, 15) is 0 Å². The molecular weight excluding hydrogens is 126 g/mol. The Morgan fingerprint density at radius 1 is 1.50 bits per heavy atom. The molecule has 2 heteroatoms. The molecular formula is C8H14NO. The van der Waals surface area contributed by atoms with Gasteiger partial charge in [0.05, 0.1) is 0 Å². The Hall–Kier alpha value is -0.790. The maximum Gasteiger partial charge on any atom is 0.106 e. The normalized spacial score (nSPS) is 11.4. The van der Waals surface area contributed by atoms with Crippen molar-refractivity contribution in [3.63, 3.8) is 0 Å². The molecule has 0 amide bonds. The highest BCUT2D eigenvalue weighted by molar-refractivity contribution is 5.56. The van der Waals surface area contributed by atoms with E-state index in [2.05, 4.69) is 16.9 Å². The van der Waals surface area contributed by atoms with Crippen molar-refractivity contribution in [2.24, 2.45) is 5.16 Å².